The highest BCUT2D eigenvalue weighted by molar-refractivity contribution is 5.65. The molecule has 0 saturated carbocycles. The Morgan fingerprint density at radius 2 is 1.67 bits per heavy atom. The third-order valence-corrected chi connectivity index (χ3v) is 4.63. The molecule has 1 fully saturated rings. The number of hydrogen-bond acceptors (Lipinski definition) is 4. The summed E-state index contributed by atoms with van der Waals surface area (Å²) in [6, 6.07) is 17.3. The molecule has 2 aromatic carbocycles. The third-order valence-electron chi connectivity index (χ3n) is 4.63. The van der Waals surface area contributed by atoms with Gasteiger partial charge in [0.15, 0.2) is 0 Å². The lowest BCUT2D eigenvalue weighted by molar-refractivity contribution is 0.00643. The van der Waals surface area contributed by atoms with E-state index in [1.165, 1.54) is 5.01 Å². The Bertz CT molecular complexity index is 791. The van der Waals surface area contributed by atoms with Crippen molar-refractivity contribution < 1.29 is 14.6 Å². The molecule has 1 amide bonds. The number of rotatable bonds is 7. The minimum atomic E-state index is -0.899. The van der Waals surface area contributed by atoms with Crippen LogP contribution in [-0.4, -0.2) is 47.5 Å². The van der Waals surface area contributed by atoms with Gasteiger partial charge in [0.25, 0.3) is 0 Å². The largest absolute Gasteiger partial charge is 0.494 e. The Morgan fingerprint density at radius 1 is 1.07 bits per heavy atom. The second-order valence-corrected chi connectivity index (χ2v) is 6.48. The number of amides is 1. The third kappa shape index (κ3) is 4.99. The first-order valence-corrected chi connectivity index (χ1v) is 9.16. The van der Waals surface area contributed by atoms with Crippen LogP contribution in [0.5, 0.6) is 5.75 Å². The Kier molecular flexibility index (Phi) is 6.29. The van der Waals surface area contributed by atoms with Gasteiger partial charge in [-0.25, -0.2) is 14.8 Å². The van der Waals surface area contributed by atoms with Gasteiger partial charge in [0.1, 0.15) is 5.75 Å². The van der Waals surface area contributed by atoms with E-state index in [9.17, 15) is 9.90 Å². The molecule has 27 heavy (non-hydrogen) atoms. The van der Waals surface area contributed by atoms with Crippen LogP contribution in [0.25, 0.3) is 11.1 Å². The molecule has 0 atom stereocenters. The van der Waals surface area contributed by atoms with Crippen molar-refractivity contribution in [3.63, 3.8) is 0 Å². The van der Waals surface area contributed by atoms with Crippen LogP contribution in [0, 0.1) is 11.3 Å². The van der Waals surface area contributed by atoms with E-state index in [0.717, 1.165) is 42.8 Å². The number of carbonyl (C=O) groups is 1. The number of nitrogens with zero attached hydrogens (tertiary/aromatic N) is 3. The standard InChI is InChI=1S/C21H23N3O3/c22-16-17-4-6-18(7-5-17)19-8-10-20(11-9-19)27-15-3-14-24(21(25)26)23-12-1-2-13-23/h4-11H,1-3,12-15H2,(H,25,26). The number of hydrazine groups is 1. The summed E-state index contributed by atoms with van der Waals surface area (Å²) in [6.45, 7) is 2.53. The van der Waals surface area contributed by atoms with Crippen molar-refractivity contribution in [2.75, 3.05) is 26.2 Å². The summed E-state index contributed by atoms with van der Waals surface area (Å²) in [5.41, 5.74) is 2.74. The molecule has 0 radical (unpaired) electrons. The molecule has 0 unspecified atom stereocenters. The van der Waals surface area contributed by atoms with Crippen LogP contribution in [0.1, 0.15) is 24.8 Å². The predicted molar refractivity (Wildman–Crippen MR) is 102 cm³/mol. The minimum absolute atomic E-state index is 0.443. The van der Waals surface area contributed by atoms with E-state index in [-0.39, 0.29) is 0 Å². The summed E-state index contributed by atoms with van der Waals surface area (Å²) in [5.74, 6) is 0.760. The van der Waals surface area contributed by atoms with E-state index in [4.69, 9.17) is 10.00 Å². The fourth-order valence-corrected chi connectivity index (χ4v) is 3.19. The van der Waals surface area contributed by atoms with Crippen LogP contribution in [0.2, 0.25) is 0 Å². The van der Waals surface area contributed by atoms with Crippen molar-refractivity contribution in [1.29, 1.82) is 5.26 Å². The van der Waals surface area contributed by atoms with Crippen LogP contribution in [0.4, 0.5) is 4.79 Å². The van der Waals surface area contributed by atoms with Gasteiger partial charge in [0, 0.05) is 26.1 Å². The molecule has 1 heterocycles. The van der Waals surface area contributed by atoms with Crippen molar-refractivity contribution in [3.05, 3.63) is 54.1 Å². The Hall–Kier alpha value is -3.04. The second-order valence-electron chi connectivity index (χ2n) is 6.48. The minimum Gasteiger partial charge on any atom is -0.494 e. The molecule has 0 bridgehead atoms. The van der Waals surface area contributed by atoms with Gasteiger partial charge in [0.05, 0.1) is 18.2 Å². The number of hydrogen-bond donors (Lipinski definition) is 1. The molecule has 1 saturated heterocycles. The summed E-state index contributed by atoms with van der Waals surface area (Å²) in [5, 5.41) is 21.5. The van der Waals surface area contributed by atoms with Gasteiger partial charge in [-0.2, -0.15) is 5.26 Å². The van der Waals surface area contributed by atoms with Gasteiger partial charge in [-0.3, -0.25) is 0 Å². The van der Waals surface area contributed by atoms with Crippen LogP contribution >= 0.6 is 0 Å². The molecule has 140 valence electrons. The Morgan fingerprint density at radius 3 is 2.22 bits per heavy atom. The van der Waals surface area contributed by atoms with Crippen LogP contribution in [0.15, 0.2) is 48.5 Å². The molecular weight excluding hydrogens is 342 g/mol. The zero-order valence-corrected chi connectivity index (χ0v) is 15.2. The molecule has 2 aromatic rings. The first kappa shape index (κ1) is 18.7. The lowest BCUT2D eigenvalue weighted by Crippen LogP contribution is -2.45. The number of benzene rings is 2. The molecule has 3 rings (SSSR count). The smallest absolute Gasteiger partial charge is 0.421 e. The van der Waals surface area contributed by atoms with E-state index in [1.54, 1.807) is 12.1 Å². The van der Waals surface area contributed by atoms with Crippen molar-refractivity contribution in [3.8, 4) is 22.9 Å². The highest BCUT2D eigenvalue weighted by atomic mass is 16.5. The maximum atomic E-state index is 11.4. The average molecular weight is 365 g/mol. The van der Waals surface area contributed by atoms with E-state index in [0.29, 0.717) is 25.1 Å². The molecule has 0 aliphatic carbocycles. The summed E-state index contributed by atoms with van der Waals surface area (Å²) in [6.07, 6.45) is 1.83. The molecular formula is C21H23N3O3. The number of ether oxygens (including phenoxy) is 1. The molecule has 1 aliphatic heterocycles. The summed E-state index contributed by atoms with van der Waals surface area (Å²) >= 11 is 0. The first-order valence-electron chi connectivity index (χ1n) is 9.16. The SMILES string of the molecule is N#Cc1ccc(-c2ccc(OCCCN(C(=O)O)N3CCCC3)cc2)cc1. The summed E-state index contributed by atoms with van der Waals surface area (Å²) < 4.78 is 5.74. The Balaban J connectivity index is 1.48. The topological polar surface area (TPSA) is 76.8 Å². The molecule has 0 aromatic heterocycles. The molecule has 6 nitrogen and oxygen atoms in total. The van der Waals surface area contributed by atoms with Gasteiger partial charge in [-0.05, 0) is 48.2 Å². The van der Waals surface area contributed by atoms with Crippen LogP contribution < -0.4 is 4.74 Å². The van der Waals surface area contributed by atoms with Crippen molar-refractivity contribution in [1.82, 2.24) is 10.0 Å². The summed E-state index contributed by atoms with van der Waals surface area (Å²) in [7, 11) is 0. The lowest BCUT2D eigenvalue weighted by Gasteiger charge is -2.28. The van der Waals surface area contributed by atoms with Crippen LogP contribution in [0.3, 0.4) is 0 Å². The van der Waals surface area contributed by atoms with E-state index >= 15 is 0 Å². The average Bonchev–Trinajstić information content (AvgIpc) is 3.22. The zero-order valence-electron chi connectivity index (χ0n) is 15.2. The van der Waals surface area contributed by atoms with E-state index < -0.39 is 6.09 Å². The summed E-state index contributed by atoms with van der Waals surface area (Å²) in [4.78, 5) is 11.4. The second kappa shape index (κ2) is 9.06. The van der Waals surface area contributed by atoms with Crippen molar-refractivity contribution in [2.24, 2.45) is 0 Å². The van der Waals surface area contributed by atoms with E-state index in [2.05, 4.69) is 6.07 Å². The van der Waals surface area contributed by atoms with Gasteiger partial charge in [0.2, 0.25) is 0 Å². The van der Waals surface area contributed by atoms with Crippen molar-refractivity contribution >= 4 is 6.09 Å². The molecule has 6 heteroatoms. The zero-order chi connectivity index (χ0) is 19.1. The number of carboxylic acid groups (broad SMARTS) is 1. The van der Waals surface area contributed by atoms with E-state index in [1.807, 2.05) is 41.4 Å². The lowest BCUT2D eigenvalue weighted by atomic mass is 10.0. The first-order chi connectivity index (χ1) is 13.2. The highest BCUT2D eigenvalue weighted by Gasteiger charge is 2.23. The monoisotopic (exact) mass is 365 g/mol. The fourth-order valence-electron chi connectivity index (χ4n) is 3.19. The maximum absolute atomic E-state index is 11.4. The van der Waals surface area contributed by atoms with Gasteiger partial charge in [-0.1, -0.05) is 24.3 Å². The molecule has 1 aliphatic rings. The predicted octanol–water partition coefficient (Wildman–Crippen LogP) is 3.98. The van der Waals surface area contributed by atoms with Gasteiger partial charge < -0.3 is 9.84 Å². The maximum Gasteiger partial charge on any atom is 0.421 e. The van der Waals surface area contributed by atoms with Gasteiger partial charge >= 0.3 is 6.09 Å². The van der Waals surface area contributed by atoms with Gasteiger partial charge in [-0.15, -0.1) is 0 Å². The quantitative estimate of drug-likeness (QED) is 0.751. The highest BCUT2D eigenvalue weighted by Crippen LogP contribution is 2.23. The molecule has 0 spiro atoms. The van der Waals surface area contributed by atoms with Crippen LogP contribution in [-0.2, 0) is 0 Å². The number of nitriles is 1. The normalized spacial score (nSPS) is 13.9. The Labute approximate surface area is 159 Å². The fraction of sp³-hybridized carbons (Fsp3) is 0.333. The molecule has 1 N–H and O–H groups in total. The van der Waals surface area contributed by atoms with Crippen molar-refractivity contribution in [2.45, 2.75) is 19.3 Å².